The summed E-state index contributed by atoms with van der Waals surface area (Å²) in [4.78, 5) is 37.6. The molecule has 2 amide bonds. The van der Waals surface area contributed by atoms with Crippen LogP contribution in [0.3, 0.4) is 0 Å². The topological polar surface area (TPSA) is 112 Å². The van der Waals surface area contributed by atoms with E-state index in [9.17, 15) is 14.4 Å². The van der Waals surface area contributed by atoms with Gasteiger partial charge < -0.3 is 21.1 Å². The Labute approximate surface area is 177 Å². The number of ether oxygens (including phenoxy) is 1. The molecule has 162 valence electrons. The number of hydrogen-bond acceptors (Lipinski definition) is 5. The molecule has 7 nitrogen and oxygen atoms in total. The summed E-state index contributed by atoms with van der Waals surface area (Å²) in [7, 11) is 1.29. The average molecular weight is 425 g/mol. The van der Waals surface area contributed by atoms with E-state index in [0.29, 0.717) is 19.3 Å². The highest BCUT2D eigenvalue weighted by molar-refractivity contribution is 7.98. The molecule has 0 aliphatic heterocycles. The first-order valence-electron chi connectivity index (χ1n) is 9.83. The van der Waals surface area contributed by atoms with Gasteiger partial charge in [-0.1, -0.05) is 44.2 Å². The second kappa shape index (κ2) is 13.2. The zero-order valence-corrected chi connectivity index (χ0v) is 18.6. The van der Waals surface area contributed by atoms with Crippen LogP contribution in [0.5, 0.6) is 0 Å². The third-order valence-electron chi connectivity index (χ3n) is 4.47. The molecule has 0 unspecified atom stereocenters. The van der Waals surface area contributed by atoms with Gasteiger partial charge in [-0.25, -0.2) is 4.79 Å². The molecular weight excluding hydrogens is 390 g/mol. The van der Waals surface area contributed by atoms with Gasteiger partial charge in [0.1, 0.15) is 12.1 Å². The minimum atomic E-state index is -0.825. The van der Waals surface area contributed by atoms with Crippen molar-refractivity contribution in [3.63, 3.8) is 0 Å². The van der Waals surface area contributed by atoms with Gasteiger partial charge in [0.15, 0.2) is 6.04 Å². The number of rotatable bonds is 12. The first kappa shape index (κ1) is 25.0. The summed E-state index contributed by atoms with van der Waals surface area (Å²) < 4.78 is 4.86. The normalized spacial score (nSPS) is 14.0. The number of carbonyl (C=O) groups is 3. The summed E-state index contributed by atoms with van der Waals surface area (Å²) in [6, 6.07) is 7.41. The molecule has 5 N–H and O–H groups in total. The van der Waals surface area contributed by atoms with Gasteiger partial charge in [0, 0.05) is 12.8 Å². The van der Waals surface area contributed by atoms with Gasteiger partial charge in [-0.05, 0) is 29.9 Å². The van der Waals surface area contributed by atoms with E-state index in [0.717, 1.165) is 11.3 Å². The van der Waals surface area contributed by atoms with Gasteiger partial charge in [0.25, 0.3) is 5.91 Å². The lowest BCUT2D eigenvalue weighted by atomic mass is 10.0. The fourth-order valence-corrected chi connectivity index (χ4v) is 3.36. The molecule has 0 spiro atoms. The van der Waals surface area contributed by atoms with Crippen LogP contribution < -0.4 is 16.4 Å². The molecule has 8 heteroatoms. The molecule has 0 aliphatic carbocycles. The van der Waals surface area contributed by atoms with Crippen molar-refractivity contribution < 1.29 is 24.9 Å². The Bertz CT molecular complexity index is 655. The van der Waals surface area contributed by atoms with Crippen LogP contribution in [0.1, 0.15) is 32.3 Å². The van der Waals surface area contributed by atoms with Gasteiger partial charge in [0.2, 0.25) is 5.91 Å². The van der Waals surface area contributed by atoms with Crippen molar-refractivity contribution in [1.29, 1.82) is 0 Å². The van der Waals surface area contributed by atoms with Crippen molar-refractivity contribution in [2.75, 3.05) is 19.1 Å². The third-order valence-corrected chi connectivity index (χ3v) is 5.11. The average Bonchev–Trinajstić information content (AvgIpc) is 2.70. The molecule has 0 saturated carbocycles. The van der Waals surface area contributed by atoms with E-state index in [1.165, 1.54) is 7.11 Å². The minimum Gasteiger partial charge on any atom is -0.467 e. The van der Waals surface area contributed by atoms with Crippen molar-refractivity contribution in [2.45, 2.75) is 51.2 Å². The summed E-state index contributed by atoms with van der Waals surface area (Å²) in [6.45, 7) is 3.95. The number of quaternary nitrogens is 1. The molecular formula is C21H34N3O4S+. The monoisotopic (exact) mass is 424 g/mol. The van der Waals surface area contributed by atoms with E-state index in [2.05, 4.69) is 16.4 Å². The maximum atomic E-state index is 12.9. The molecule has 0 aromatic heterocycles. The van der Waals surface area contributed by atoms with Crippen LogP contribution in [0, 0.1) is 5.92 Å². The van der Waals surface area contributed by atoms with Crippen molar-refractivity contribution >= 4 is 29.5 Å². The lowest BCUT2D eigenvalue weighted by Gasteiger charge is -2.24. The number of nitrogens with one attached hydrogen (secondary N) is 2. The lowest BCUT2D eigenvalue weighted by Crippen LogP contribution is -2.69. The van der Waals surface area contributed by atoms with Crippen LogP contribution in [0.2, 0.25) is 0 Å². The number of amides is 2. The molecule has 0 saturated heterocycles. The van der Waals surface area contributed by atoms with Crippen molar-refractivity contribution in [3.05, 3.63) is 35.9 Å². The molecule has 0 heterocycles. The van der Waals surface area contributed by atoms with Crippen LogP contribution in [0.25, 0.3) is 0 Å². The highest BCUT2D eigenvalue weighted by atomic mass is 32.2. The van der Waals surface area contributed by atoms with Crippen LogP contribution in [-0.4, -0.2) is 55.0 Å². The van der Waals surface area contributed by atoms with Crippen LogP contribution in [0.4, 0.5) is 0 Å². The third kappa shape index (κ3) is 9.32. The second-order valence-corrected chi connectivity index (χ2v) is 8.43. The second-order valence-electron chi connectivity index (χ2n) is 7.44. The first-order valence-corrected chi connectivity index (χ1v) is 11.2. The SMILES string of the molecule is COC(=O)[C@@H](Cc1ccccc1)NC(=O)[C@@H](CC(C)C)NC(=O)[C@H]([NH3+])CCSC. The van der Waals surface area contributed by atoms with Crippen molar-refractivity contribution in [3.8, 4) is 0 Å². The molecule has 1 rings (SSSR count). The molecule has 0 bridgehead atoms. The number of hydrogen-bond donors (Lipinski definition) is 3. The number of carbonyl (C=O) groups excluding carboxylic acids is 3. The fourth-order valence-electron chi connectivity index (χ4n) is 2.84. The Morgan fingerprint density at radius 1 is 1.07 bits per heavy atom. The van der Waals surface area contributed by atoms with Crippen LogP contribution >= 0.6 is 11.8 Å². The van der Waals surface area contributed by atoms with Gasteiger partial charge in [0.05, 0.1) is 7.11 Å². The maximum absolute atomic E-state index is 12.9. The Morgan fingerprint density at radius 3 is 2.24 bits per heavy atom. The highest BCUT2D eigenvalue weighted by Gasteiger charge is 2.29. The summed E-state index contributed by atoms with van der Waals surface area (Å²) in [5.41, 5.74) is 4.80. The fraction of sp³-hybridized carbons (Fsp3) is 0.571. The zero-order chi connectivity index (χ0) is 21.8. The molecule has 0 aliphatic rings. The number of esters is 1. The predicted molar refractivity (Wildman–Crippen MR) is 115 cm³/mol. The van der Waals surface area contributed by atoms with Gasteiger partial charge in [-0.2, -0.15) is 11.8 Å². The maximum Gasteiger partial charge on any atom is 0.328 e. The van der Waals surface area contributed by atoms with Gasteiger partial charge in [-0.3, -0.25) is 9.59 Å². The number of benzene rings is 1. The van der Waals surface area contributed by atoms with E-state index in [4.69, 9.17) is 4.74 Å². The lowest BCUT2D eigenvalue weighted by molar-refractivity contribution is -0.404. The van der Waals surface area contributed by atoms with E-state index in [1.54, 1.807) is 11.8 Å². The summed E-state index contributed by atoms with van der Waals surface area (Å²) in [5.74, 6) is -0.157. The first-order chi connectivity index (χ1) is 13.8. The number of thioether (sulfide) groups is 1. The van der Waals surface area contributed by atoms with Crippen molar-refractivity contribution in [2.24, 2.45) is 5.92 Å². The molecule has 1 aromatic carbocycles. The zero-order valence-electron chi connectivity index (χ0n) is 17.8. The Morgan fingerprint density at radius 2 is 1.69 bits per heavy atom. The highest BCUT2D eigenvalue weighted by Crippen LogP contribution is 2.09. The van der Waals surface area contributed by atoms with E-state index >= 15 is 0 Å². The number of methoxy groups -OCH3 is 1. The van der Waals surface area contributed by atoms with Crippen LogP contribution in [0.15, 0.2) is 30.3 Å². The Kier molecular flexibility index (Phi) is 11.4. The standard InChI is InChI=1S/C21H33N3O4S/c1-14(2)12-17(23-19(25)16(22)10-11-29-4)20(26)24-18(21(27)28-3)13-15-8-6-5-7-9-15/h5-9,14,16-18H,10-13,22H2,1-4H3,(H,23,25)(H,24,26)/p+1/t16-,17-,18-/m1/s1. The van der Waals surface area contributed by atoms with Crippen LogP contribution in [-0.2, 0) is 25.5 Å². The molecule has 0 fully saturated rings. The minimum absolute atomic E-state index is 0.186. The molecule has 3 atom stereocenters. The van der Waals surface area contributed by atoms with Crippen molar-refractivity contribution in [1.82, 2.24) is 10.6 Å². The van der Waals surface area contributed by atoms with Gasteiger partial charge >= 0.3 is 5.97 Å². The summed E-state index contributed by atoms with van der Waals surface area (Å²) in [5, 5.41) is 5.56. The summed E-state index contributed by atoms with van der Waals surface area (Å²) >= 11 is 1.65. The molecule has 0 radical (unpaired) electrons. The molecule has 29 heavy (non-hydrogen) atoms. The van der Waals surface area contributed by atoms with E-state index in [1.807, 2.05) is 50.4 Å². The molecule has 1 aromatic rings. The Balaban J connectivity index is 2.86. The Hall–Kier alpha value is -2.06. The largest absolute Gasteiger partial charge is 0.467 e. The van der Waals surface area contributed by atoms with E-state index < -0.39 is 30.0 Å². The van der Waals surface area contributed by atoms with E-state index in [-0.39, 0.29) is 11.8 Å². The summed E-state index contributed by atoms with van der Waals surface area (Å²) in [6.07, 6.45) is 3.39. The van der Waals surface area contributed by atoms with Gasteiger partial charge in [-0.15, -0.1) is 0 Å². The quantitative estimate of drug-likeness (QED) is 0.429. The predicted octanol–water partition coefficient (Wildman–Crippen LogP) is 0.781. The smallest absolute Gasteiger partial charge is 0.328 e.